The fourth-order valence-electron chi connectivity index (χ4n) is 4.74. The van der Waals surface area contributed by atoms with Crippen molar-refractivity contribution in [2.45, 2.75) is 96.3 Å². The Morgan fingerprint density at radius 1 is 1.16 bits per heavy atom. The van der Waals surface area contributed by atoms with Gasteiger partial charge in [-0.1, -0.05) is 51.1 Å². The van der Waals surface area contributed by atoms with Crippen LogP contribution in [0.1, 0.15) is 51.7 Å². The normalized spacial score (nSPS) is 26.9. The fraction of sp³-hybridized carbons (Fsp3) is 0.667. The van der Waals surface area contributed by atoms with Crippen molar-refractivity contribution in [3.8, 4) is 0 Å². The van der Waals surface area contributed by atoms with Gasteiger partial charge in [-0.15, -0.1) is 6.58 Å². The molecule has 1 fully saturated rings. The second kappa shape index (κ2) is 10.1. The molecule has 0 N–H and O–H groups in total. The third-order valence-electron chi connectivity index (χ3n) is 6.39. The minimum absolute atomic E-state index is 0.311. The predicted molar refractivity (Wildman–Crippen MR) is 128 cm³/mol. The molecular formula is C24H39F3O3Si2. The van der Waals surface area contributed by atoms with E-state index in [2.05, 4.69) is 44.7 Å². The van der Waals surface area contributed by atoms with Gasteiger partial charge in [0.1, 0.15) is 0 Å². The van der Waals surface area contributed by atoms with Gasteiger partial charge in [0.05, 0.1) is 17.9 Å². The van der Waals surface area contributed by atoms with E-state index in [1.165, 1.54) is 5.56 Å². The maximum atomic E-state index is 13.4. The van der Waals surface area contributed by atoms with Gasteiger partial charge in [0.15, 0.2) is 0 Å². The van der Waals surface area contributed by atoms with E-state index in [9.17, 15) is 13.2 Å². The Balaban J connectivity index is 2.13. The molecule has 0 bridgehead atoms. The Kier molecular flexibility index (Phi) is 8.65. The summed E-state index contributed by atoms with van der Waals surface area (Å²) in [7, 11) is -5.54. The predicted octanol–water partition coefficient (Wildman–Crippen LogP) is 7.31. The first-order valence-corrected chi connectivity index (χ1v) is 16.8. The molecule has 0 amide bonds. The Morgan fingerprint density at radius 2 is 1.72 bits per heavy atom. The van der Waals surface area contributed by atoms with E-state index < -0.39 is 40.2 Å². The van der Waals surface area contributed by atoms with E-state index in [-0.39, 0.29) is 6.10 Å². The van der Waals surface area contributed by atoms with Gasteiger partial charge in [0, 0.05) is 12.0 Å². The van der Waals surface area contributed by atoms with Gasteiger partial charge in [-0.3, -0.25) is 0 Å². The highest BCUT2D eigenvalue weighted by Crippen LogP contribution is 2.67. The van der Waals surface area contributed by atoms with Crippen LogP contribution in [0.4, 0.5) is 13.2 Å². The summed E-state index contributed by atoms with van der Waals surface area (Å²) in [5, 5.41) is -0.892. The van der Waals surface area contributed by atoms with Gasteiger partial charge >= 0.3 is 14.7 Å². The molecule has 1 aliphatic rings. The number of benzene rings is 1. The molecule has 0 aliphatic carbocycles. The zero-order valence-electron chi connectivity index (χ0n) is 20.5. The largest absolute Gasteiger partial charge is 0.408 e. The van der Waals surface area contributed by atoms with E-state index >= 15 is 0 Å². The Morgan fingerprint density at radius 3 is 2.19 bits per heavy atom. The van der Waals surface area contributed by atoms with Crippen LogP contribution in [0.5, 0.6) is 0 Å². The quantitative estimate of drug-likeness (QED) is 0.228. The van der Waals surface area contributed by atoms with E-state index in [1.54, 1.807) is 6.08 Å². The average molecular weight is 489 g/mol. The van der Waals surface area contributed by atoms with Gasteiger partial charge in [0.2, 0.25) is 8.32 Å². The number of hydrogen-bond acceptors (Lipinski definition) is 3. The number of rotatable bonds is 12. The van der Waals surface area contributed by atoms with Crippen molar-refractivity contribution in [1.29, 1.82) is 0 Å². The lowest BCUT2D eigenvalue weighted by molar-refractivity contribution is -0.137. The van der Waals surface area contributed by atoms with Crippen LogP contribution in [0.2, 0.25) is 25.2 Å². The van der Waals surface area contributed by atoms with Crippen LogP contribution in [0.25, 0.3) is 0 Å². The van der Waals surface area contributed by atoms with Crippen LogP contribution in [0.3, 0.4) is 0 Å². The zero-order chi connectivity index (χ0) is 24.4. The van der Waals surface area contributed by atoms with Gasteiger partial charge in [-0.2, -0.15) is 13.2 Å². The second-order valence-corrected chi connectivity index (χ2v) is 17.3. The molecule has 182 valence electrons. The van der Waals surface area contributed by atoms with Crippen LogP contribution < -0.4 is 0 Å². The summed E-state index contributed by atoms with van der Waals surface area (Å²) < 4.78 is 59.0. The van der Waals surface area contributed by atoms with Crippen molar-refractivity contribution >= 4 is 16.9 Å². The van der Waals surface area contributed by atoms with Crippen molar-refractivity contribution < 1.29 is 26.4 Å². The number of hydrogen-bond donors (Lipinski definition) is 0. The van der Waals surface area contributed by atoms with Gasteiger partial charge < -0.3 is 13.3 Å². The topological polar surface area (TPSA) is 27.7 Å². The molecule has 0 spiro atoms. The number of alkyl halides is 3. The van der Waals surface area contributed by atoms with E-state index in [4.69, 9.17) is 13.3 Å². The molecule has 3 nitrogen and oxygen atoms in total. The molecule has 0 aromatic heterocycles. The lowest BCUT2D eigenvalue weighted by Crippen LogP contribution is -2.45. The molecular weight excluding hydrogens is 449 g/mol. The van der Waals surface area contributed by atoms with E-state index in [1.807, 2.05) is 33.5 Å². The molecule has 0 radical (unpaired) electrons. The molecule has 8 heteroatoms. The highest BCUT2D eigenvalue weighted by Gasteiger charge is 2.80. The van der Waals surface area contributed by atoms with Crippen LogP contribution in [0, 0.1) is 5.92 Å². The van der Waals surface area contributed by atoms with Crippen molar-refractivity contribution in [3.05, 3.63) is 48.0 Å². The van der Waals surface area contributed by atoms with Gasteiger partial charge in [-0.25, -0.2) is 0 Å². The molecule has 32 heavy (non-hydrogen) atoms. The monoisotopic (exact) mass is 488 g/mol. The molecule has 2 rings (SSSR count). The number of halogens is 3. The summed E-state index contributed by atoms with van der Waals surface area (Å²) in [6, 6.07) is 8.32. The lowest BCUT2D eigenvalue weighted by atomic mass is 10.0. The third kappa shape index (κ3) is 6.56. The smallest absolute Gasteiger partial charge is 0.389 e. The first-order valence-electron chi connectivity index (χ1n) is 11.5. The fourth-order valence-corrected chi connectivity index (χ4v) is 13.1. The van der Waals surface area contributed by atoms with Crippen LogP contribution in [-0.2, 0) is 26.3 Å². The Hall–Kier alpha value is -0.936. The molecule has 1 saturated heterocycles. The molecule has 4 unspecified atom stereocenters. The lowest BCUT2D eigenvalue weighted by Gasteiger charge is -2.32. The standard InChI is InChI=1S/C24H39F3O3Si2/c1-9-19(5)29-32(8)22(16-24(25,26)27)23(32,10-2)30-31(6,7)28-17-21-13-11-20(12-14-21)15-18(3)4/h9,11-14,18-19,22H,1,10,15-17H2,2-8H3. The van der Waals surface area contributed by atoms with Crippen LogP contribution in [-0.4, -0.2) is 34.4 Å². The van der Waals surface area contributed by atoms with Crippen molar-refractivity contribution in [2.75, 3.05) is 0 Å². The highest BCUT2D eigenvalue weighted by atomic mass is 28.4. The van der Waals surface area contributed by atoms with Crippen LogP contribution >= 0.6 is 0 Å². The SMILES string of the molecule is C=CC(C)O[Si]1(C)C(CC(F)(F)F)C1(CC)O[Si](C)(C)OCc1ccc(CC(C)C)cc1. The van der Waals surface area contributed by atoms with E-state index in [0.29, 0.717) is 18.9 Å². The summed E-state index contributed by atoms with van der Waals surface area (Å²) >= 11 is 0. The summed E-state index contributed by atoms with van der Waals surface area (Å²) in [5.41, 5.74) is 1.67. The molecule has 1 heterocycles. The summed E-state index contributed by atoms with van der Waals surface area (Å²) in [5.74, 6) is 0.592. The maximum absolute atomic E-state index is 13.4. The highest BCUT2D eigenvalue weighted by molar-refractivity contribution is 6.89. The summed E-state index contributed by atoms with van der Waals surface area (Å²) in [6.45, 7) is 17.9. The third-order valence-corrected chi connectivity index (χ3v) is 13.3. The minimum atomic E-state index is -4.26. The Bertz CT molecular complexity index is 767. The summed E-state index contributed by atoms with van der Waals surface area (Å²) in [6.07, 6.45) is -2.32. The minimum Gasteiger partial charge on any atom is -0.408 e. The second-order valence-electron chi connectivity index (χ2n) is 9.99. The maximum Gasteiger partial charge on any atom is 0.389 e. The van der Waals surface area contributed by atoms with Crippen molar-refractivity contribution in [1.82, 2.24) is 0 Å². The van der Waals surface area contributed by atoms with E-state index in [0.717, 1.165) is 12.0 Å². The van der Waals surface area contributed by atoms with Gasteiger partial charge in [0.25, 0.3) is 0 Å². The van der Waals surface area contributed by atoms with Gasteiger partial charge in [-0.05, 0) is 56.5 Å². The molecule has 1 aromatic rings. The zero-order valence-corrected chi connectivity index (χ0v) is 22.5. The average Bonchev–Trinajstić information content (AvgIpc) is 3.13. The summed E-state index contributed by atoms with van der Waals surface area (Å²) in [4.78, 5) is 0. The Labute approximate surface area is 193 Å². The molecule has 1 aromatic carbocycles. The first-order chi connectivity index (χ1) is 14.7. The van der Waals surface area contributed by atoms with Crippen molar-refractivity contribution in [2.24, 2.45) is 5.92 Å². The molecule has 4 atom stereocenters. The molecule has 0 saturated carbocycles. The molecule has 1 aliphatic heterocycles. The van der Waals surface area contributed by atoms with Crippen molar-refractivity contribution in [3.63, 3.8) is 0 Å². The van der Waals surface area contributed by atoms with Crippen LogP contribution in [0.15, 0.2) is 36.9 Å². The first kappa shape index (κ1) is 27.3.